The molecule has 6 nitrogen and oxygen atoms in total. The van der Waals surface area contributed by atoms with Crippen molar-refractivity contribution in [2.75, 3.05) is 19.8 Å². The zero-order valence-corrected chi connectivity index (χ0v) is 19.5. The monoisotopic (exact) mass is 602 g/mol. The Kier molecular flexibility index (Phi) is 12.6. The predicted molar refractivity (Wildman–Crippen MR) is 102 cm³/mol. The average Bonchev–Trinajstić information content (AvgIpc) is 2.74. The van der Waals surface area contributed by atoms with Crippen molar-refractivity contribution in [3.8, 4) is 12.0 Å². The Morgan fingerprint density at radius 3 is 1.92 bits per heavy atom. The molecule has 0 saturated carbocycles. The van der Waals surface area contributed by atoms with E-state index in [0.717, 1.165) is 6.08 Å². The molecule has 39 heavy (non-hydrogen) atoms. The smallest absolute Gasteiger partial charge is 0.456 e. The highest BCUT2D eigenvalue weighted by molar-refractivity contribution is 5.69. The molecule has 0 aromatic carbocycles. The highest BCUT2D eigenvalue weighted by Gasteiger charge is 2.80. The normalized spacial score (nSPS) is 16.7. The van der Waals surface area contributed by atoms with Crippen LogP contribution in [0.4, 0.5) is 57.1 Å². The summed E-state index contributed by atoms with van der Waals surface area (Å²) in [5, 5.41) is 0. The molecule has 0 aliphatic rings. The van der Waals surface area contributed by atoms with Crippen LogP contribution in [0.2, 0.25) is 0 Å². The Morgan fingerprint density at radius 1 is 0.923 bits per heavy atom. The van der Waals surface area contributed by atoms with Crippen LogP contribution < -0.4 is 0 Å². The van der Waals surface area contributed by atoms with Crippen LogP contribution in [0.1, 0.15) is 19.8 Å². The minimum atomic E-state index is -7.37. The summed E-state index contributed by atoms with van der Waals surface area (Å²) in [5.74, 6) is -15.5. The van der Waals surface area contributed by atoms with Crippen molar-refractivity contribution in [3.63, 3.8) is 0 Å². The SMILES string of the molecule is C=CC#COCC(COCC(F)(OC(F)(F)C(F)(OC(F)(F)C(=C)F)C(F)(F)F)C(F)(F)F)OC(=O)CCC. The van der Waals surface area contributed by atoms with Crippen LogP contribution in [0.5, 0.6) is 0 Å². The minimum Gasteiger partial charge on any atom is -0.456 e. The third-order valence-electron chi connectivity index (χ3n) is 3.88. The first-order valence-corrected chi connectivity index (χ1v) is 10.0. The van der Waals surface area contributed by atoms with Crippen LogP contribution in [-0.4, -0.2) is 68.2 Å². The third kappa shape index (κ3) is 10.1. The molecule has 0 amide bonds. The number of hydrogen-bond donors (Lipinski definition) is 0. The lowest BCUT2D eigenvalue weighted by Crippen LogP contribution is -2.65. The highest BCUT2D eigenvalue weighted by atomic mass is 19.4. The van der Waals surface area contributed by atoms with Crippen molar-refractivity contribution < 1.29 is 85.6 Å². The first-order valence-electron chi connectivity index (χ1n) is 10.0. The van der Waals surface area contributed by atoms with E-state index in [0.29, 0.717) is 0 Å². The molecule has 0 radical (unpaired) electrons. The lowest BCUT2D eigenvalue weighted by molar-refractivity contribution is -0.529. The summed E-state index contributed by atoms with van der Waals surface area (Å²) in [6.07, 6.45) is -26.4. The van der Waals surface area contributed by atoms with Gasteiger partial charge in [0.15, 0.2) is 11.9 Å². The summed E-state index contributed by atoms with van der Waals surface area (Å²) in [6.45, 7) is 1.50. The fourth-order valence-electron chi connectivity index (χ4n) is 2.06. The van der Waals surface area contributed by atoms with Crippen molar-refractivity contribution in [2.24, 2.45) is 0 Å². The molecule has 0 heterocycles. The van der Waals surface area contributed by atoms with E-state index in [-0.39, 0.29) is 12.8 Å². The molecule has 0 bridgehead atoms. The number of carbonyl (C=O) groups excluding carboxylic acids is 1. The number of esters is 1. The molecule has 0 aliphatic heterocycles. The molecule has 0 aromatic rings. The summed E-state index contributed by atoms with van der Waals surface area (Å²) >= 11 is 0. The van der Waals surface area contributed by atoms with Crippen molar-refractivity contribution in [1.29, 1.82) is 0 Å². The largest absolute Gasteiger partial charge is 0.458 e. The first-order chi connectivity index (χ1) is 17.5. The molecule has 0 fully saturated rings. The van der Waals surface area contributed by atoms with Gasteiger partial charge < -0.3 is 14.2 Å². The van der Waals surface area contributed by atoms with E-state index in [4.69, 9.17) is 4.74 Å². The number of halogens is 13. The molecule has 0 spiro atoms. The Balaban J connectivity index is 6.05. The molecule has 226 valence electrons. The first kappa shape index (κ1) is 36.3. The molecule has 0 rings (SSSR count). The fraction of sp³-hybridized carbons (Fsp3) is 0.650. The number of allylic oxidation sites excluding steroid dienone is 1. The Morgan fingerprint density at radius 2 is 1.49 bits per heavy atom. The van der Waals surface area contributed by atoms with Gasteiger partial charge in [0.05, 0.1) is 6.61 Å². The van der Waals surface area contributed by atoms with E-state index < -0.39 is 74.0 Å². The van der Waals surface area contributed by atoms with E-state index in [1.165, 1.54) is 6.92 Å². The summed E-state index contributed by atoms with van der Waals surface area (Å²) in [6, 6.07) is 0. The standard InChI is InChI=1S/C20H19F13O6/c1-4-6-8-35-9-13(37-14(34)7-5-2)10-36-11-15(22,18(26,27)28)38-20(32,33)17(25,19(29,30)31)39-16(23,24)12(3)21/h4,13H,1,3,5,7,9-11H2,2H3. The lowest BCUT2D eigenvalue weighted by atomic mass is 10.2. The van der Waals surface area contributed by atoms with Crippen molar-refractivity contribution in [2.45, 2.75) is 62.1 Å². The van der Waals surface area contributed by atoms with Crippen LogP contribution in [-0.2, 0) is 28.5 Å². The second-order valence-electron chi connectivity index (χ2n) is 7.10. The second-order valence-corrected chi connectivity index (χ2v) is 7.10. The molecule has 19 heteroatoms. The van der Waals surface area contributed by atoms with Crippen LogP contribution in [0.15, 0.2) is 25.1 Å². The fourth-order valence-corrected chi connectivity index (χ4v) is 2.06. The molecule has 3 atom stereocenters. The number of ether oxygens (including phenoxy) is 5. The van der Waals surface area contributed by atoms with Gasteiger partial charge in [-0.15, -0.1) is 0 Å². The molecule has 0 saturated heterocycles. The van der Waals surface area contributed by atoms with Gasteiger partial charge in [0.2, 0.25) is 0 Å². The van der Waals surface area contributed by atoms with Gasteiger partial charge in [0.1, 0.15) is 19.3 Å². The lowest BCUT2D eigenvalue weighted by Gasteiger charge is -2.39. The number of carbonyl (C=O) groups is 1. The van der Waals surface area contributed by atoms with E-state index in [2.05, 4.69) is 31.4 Å². The maximum absolute atomic E-state index is 14.5. The Hall–Kier alpha value is -2.72. The summed E-state index contributed by atoms with van der Waals surface area (Å²) in [4.78, 5) is 11.6. The van der Waals surface area contributed by atoms with Gasteiger partial charge >= 0.3 is 42.2 Å². The summed E-state index contributed by atoms with van der Waals surface area (Å²) in [5.41, 5.74) is 0. The van der Waals surface area contributed by atoms with Gasteiger partial charge in [-0.25, -0.2) is 4.39 Å². The molecular weight excluding hydrogens is 583 g/mol. The maximum atomic E-state index is 14.5. The highest BCUT2D eigenvalue weighted by Crippen LogP contribution is 2.53. The zero-order valence-electron chi connectivity index (χ0n) is 19.5. The van der Waals surface area contributed by atoms with Gasteiger partial charge in [0.25, 0.3) is 0 Å². The van der Waals surface area contributed by atoms with Crippen LogP contribution in [0.25, 0.3) is 0 Å². The van der Waals surface area contributed by atoms with E-state index in [1.807, 2.05) is 6.11 Å². The number of hydrogen-bond acceptors (Lipinski definition) is 6. The van der Waals surface area contributed by atoms with Gasteiger partial charge in [-0.3, -0.25) is 14.3 Å². The zero-order chi connectivity index (χ0) is 30.9. The van der Waals surface area contributed by atoms with Gasteiger partial charge in [-0.1, -0.05) is 20.1 Å². The number of rotatable bonds is 15. The van der Waals surface area contributed by atoms with Crippen molar-refractivity contribution >= 4 is 5.97 Å². The molecular formula is C20H19F13O6. The molecule has 0 aliphatic carbocycles. The van der Waals surface area contributed by atoms with E-state index >= 15 is 0 Å². The van der Waals surface area contributed by atoms with Gasteiger partial charge in [-0.05, 0) is 18.4 Å². The van der Waals surface area contributed by atoms with Crippen LogP contribution in [0.3, 0.4) is 0 Å². The van der Waals surface area contributed by atoms with Crippen LogP contribution in [0, 0.1) is 12.0 Å². The predicted octanol–water partition coefficient (Wildman–Crippen LogP) is 6.04. The maximum Gasteiger partial charge on any atom is 0.458 e. The molecule has 0 aromatic heterocycles. The third-order valence-corrected chi connectivity index (χ3v) is 3.88. The molecule has 0 N–H and O–H groups in total. The molecule has 3 unspecified atom stereocenters. The Bertz CT molecular complexity index is 909. The van der Waals surface area contributed by atoms with Gasteiger partial charge in [-0.2, -0.15) is 52.7 Å². The summed E-state index contributed by atoms with van der Waals surface area (Å²) in [7, 11) is 0. The summed E-state index contributed by atoms with van der Waals surface area (Å²) < 4.78 is 192. The minimum absolute atomic E-state index is 0.204. The topological polar surface area (TPSA) is 63.2 Å². The Labute approximate surface area is 211 Å². The van der Waals surface area contributed by atoms with Crippen LogP contribution >= 0.6 is 0 Å². The van der Waals surface area contributed by atoms with Crippen molar-refractivity contribution in [3.05, 3.63) is 25.1 Å². The quantitative estimate of drug-likeness (QED) is 0.130. The average molecular weight is 602 g/mol. The van der Waals surface area contributed by atoms with Crippen molar-refractivity contribution in [1.82, 2.24) is 0 Å². The van der Waals surface area contributed by atoms with Gasteiger partial charge in [0, 0.05) is 6.42 Å². The second kappa shape index (κ2) is 13.6. The van der Waals surface area contributed by atoms with E-state index in [1.54, 1.807) is 6.58 Å². The van der Waals surface area contributed by atoms with E-state index in [9.17, 15) is 61.9 Å². The number of alkyl halides is 12.